The maximum atomic E-state index is 12.0. The van der Waals surface area contributed by atoms with Gasteiger partial charge in [-0.05, 0) is 78.9 Å². The number of hydrogen-bond acceptors (Lipinski definition) is 6. The topological polar surface area (TPSA) is 71.8 Å². The molecule has 1 N–H and O–H groups in total. The van der Waals surface area contributed by atoms with Crippen molar-refractivity contribution in [3.05, 3.63) is 83.8 Å². The van der Waals surface area contributed by atoms with Crippen molar-refractivity contribution < 1.29 is 9.53 Å². The van der Waals surface area contributed by atoms with Crippen LogP contribution < -0.4 is 4.72 Å². The van der Waals surface area contributed by atoms with Crippen molar-refractivity contribution in [1.82, 2.24) is 19.5 Å². The third kappa shape index (κ3) is 5.28. The molecule has 5 rings (SSSR count). The van der Waals surface area contributed by atoms with E-state index in [9.17, 15) is 4.79 Å². The second-order valence-electron chi connectivity index (χ2n) is 8.03. The fraction of sp³-hybridized carbons (Fsp3) is 0.192. The highest BCUT2D eigenvalue weighted by Gasteiger charge is 2.20. The zero-order chi connectivity index (χ0) is 24.2. The number of benzene rings is 2. The molecule has 3 heterocycles. The highest BCUT2D eigenvalue weighted by molar-refractivity contribution is 8.00. The molecule has 7 nitrogen and oxygen atoms in total. The summed E-state index contributed by atoms with van der Waals surface area (Å²) >= 11 is 7.49. The van der Waals surface area contributed by atoms with Crippen LogP contribution >= 0.6 is 23.5 Å². The fourth-order valence-electron chi connectivity index (χ4n) is 3.96. The molecule has 1 amide bonds. The monoisotopic (exact) mass is 505 g/mol. The molecule has 2 aromatic carbocycles. The quantitative estimate of drug-likeness (QED) is 0.305. The number of nitrogens with one attached hydrogen (secondary N) is 1. The molecule has 1 aliphatic rings. The number of amides is 1. The van der Waals surface area contributed by atoms with Crippen LogP contribution in [-0.2, 0) is 4.74 Å². The minimum absolute atomic E-state index is 0.262. The van der Waals surface area contributed by atoms with Gasteiger partial charge in [0.2, 0.25) is 0 Å². The number of halogens is 1. The van der Waals surface area contributed by atoms with E-state index in [1.165, 1.54) is 17.5 Å². The number of rotatable bonds is 6. The molecule has 178 valence electrons. The van der Waals surface area contributed by atoms with Gasteiger partial charge < -0.3 is 14.4 Å². The molecule has 0 saturated heterocycles. The first kappa shape index (κ1) is 23.3. The van der Waals surface area contributed by atoms with Gasteiger partial charge in [-0.25, -0.2) is 14.3 Å². The first-order valence-electron chi connectivity index (χ1n) is 11.3. The Labute approximate surface area is 212 Å². The van der Waals surface area contributed by atoms with Gasteiger partial charge in [-0.15, -0.1) is 0 Å². The Hall–Kier alpha value is -3.49. The second-order valence-corrected chi connectivity index (χ2v) is 9.34. The third-order valence-corrected chi connectivity index (χ3v) is 6.87. The van der Waals surface area contributed by atoms with Crippen molar-refractivity contribution >= 4 is 46.4 Å². The van der Waals surface area contributed by atoms with Gasteiger partial charge >= 0.3 is 6.09 Å². The summed E-state index contributed by atoms with van der Waals surface area (Å²) < 4.78 is 10.3. The fourth-order valence-corrected chi connectivity index (χ4v) is 4.73. The van der Waals surface area contributed by atoms with Crippen LogP contribution in [0.1, 0.15) is 18.9 Å². The van der Waals surface area contributed by atoms with E-state index in [1.807, 2.05) is 54.0 Å². The number of nitrogens with zero attached hydrogens (tertiary/aromatic N) is 4. The van der Waals surface area contributed by atoms with Crippen molar-refractivity contribution in [3.63, 3.8) is 0 Å². The molecule has 0 saturated carbocycles. The van der Waals surface area contributed by atoms with Crippen LogP contribution in [0.4, 0.5) is 10.5 Å². The lowest BCUT2D eigenvalue weighted by molar-refractivity contribution is 0.111. The van der Waals surface area contributed by atoms with Crippen molar-refractivity contribution in [3.8, 4) is 11.3 Å². The van der Waals surface area contributed by atoms with Crippen molar-refractivity contribution in [1.29, 1.82) is 0 Å². The Morgan fingerprint density at radius 3 is 2.66 bits per heavy atom. The molecule has 2 aromatic heterocycles. The summed E-state index contributed by atoms with van der Waals surface area (Å²) in [6.45, 7) is 3.38. The van der Waals surface area contributed by atoms with E-state index in [2.05, 4.69) is 39.1 Å². The highest BCUT2D eigenvalue weighted by Crippen LogP contribution is 2.30. The first-order valence-corrected chi connectivity index (χ1v) is 12.5. The molecular formula is C26H24ClN5O2S. The molecule has 4 aromatic rings. The molecule has 0 unspecified atom stereocenters. The molecule has 0 aliphatic carbocycles. The van der Waals surface area contributed by atoms with Crippen LogP contribution in [0, 0.1) is 0 Å². The van der Waals surface area contributed by atoms with E-state index in [0.717, 1.165) is 44.4 Å². The van der Waals surface area contributed by atoms with E-state index in [4.69, 9.17) is 16.3 Å². The Balaban J connectivity index is 1.32. The Kier molecular flexibility index (Phi) is 6.92. The van der Waals surface area contributed by atoms with Crippen molar-refractivity contribution in [2.24, 2.45) is 0 Å². The standard InChI is InChI=1S/C26H24ClN5O2S/c1-2-34-26(33)31-13-11-18(12-14-31)20-15-24-25(28-17-29-32(24)16-20)19-3-7-22(8-4-19)30-35-23-9-5-21(27)6-10-23/h3-11,15-17,30H,2,12-14H2,1H3. The summed E-state index contributed by atoms with van der Waals surface area (Å²) in [6, 6.07) is 18.0. The van der Waals surface area contributed by atoms with Crippen LogP contribution in [0.25, 0.3) is 22.3 Å². The minimum atomic E-state index is -0.262. The average molecular weight is 506 g/mol. The van der Waals surface area contributed by atoms with Crippen LogP contribution in [-0.4, -0.2) is 45.3 Å². The molecule has 1 aliphatic heterocycles. The largest absolute Gasteiger partial charge is 0.450 e. The normalized spacial score (nSPS) is 13.5. The van der Waals surface area contributed by atoms with E-state index in [0.29, 0.717) is 19.7 Å². The SMILES string of the molecule is CCOC(=O)N1CC=C(c2cc3c(-c4ccc(NSc5ccc(Cl)cc5)cc4)ncnn3c2)CC1. The second kappa shape index (κ2) is 10.4. The summed E-state index contributed by atoms with van der Waals surface area (Å²) in [5.41, 5.74) is 6.09. The third-order valence-electron chi connectivity index (χ3n) is 5.77. The van der Waals surface area contributed by atoms with E-state index >= 15 is 0 Å². The molecule has 0 atom stereocenters. The van der Waals surface area contributed by atoms with E-state index < -0.39 is 0 Å². The van der Waals surface area contributed by atoms with E-state index in [1.54, 1.807) is 11.2 Å². The van der Waals surface area contributed by atoms with Crippen molar-refractivity contribution in [2.75, 3.05) is 24.4 Å². The molecule has 0 fully saturated rings. The molecular weight excluding hydrogens is 482 g/mol. The van der Waals surface area contributed by atoms with Gasteiger partial charge in [-0.3, -0.25) is 0 Å². The number of carbonyl (C=O) groups is 1. The number of carbonyl (C=O) groups excluding carboxylic acids is 1. The zero-order valence-corrected chi connectivity index (χ0v) is 20.7. The van der Waals surface area contributed by atoms with Crippen LogP contribution in [0.2, 0.25) is 5.02 Å². The molecule has 0 bridgehead atoms. The Morgan fingerprint density at radius 2 is 1.94 bits per heavy atom. The number of anilines is 1. The lowest BCUT2D eigenvalue weighted by Gasteiger charge is -2.25. The Bertz CT molecular complexity index is 1370. The number of fused-ring (bicyclic) bond motifs is 1. The zero-order valence-electron chi connectivity index (χ0n) is 19.1. The lowest BCUT2D eigenvalue weighted by atomic mass is 10.0. The maximum Gasteiger partial charge on any atom is 0.410 e. The summed E-state index contributed by atoms with van der Waals surface area (Å²) in [7, 11) is 0. The average Bonchev–Trinajstić information content (AvgIpc) is 3.34. The van der Waals surface area contributed by atoms with Gasteiger partial charge in [0.1, 0.15) is 6.33 Å². The lowest BCUT2D eigenvalue weighted by Crippen LogP contribution is -2.35. The molecule has 0 radical (unpaired) electrons. The summed E-state index contributed by atoms with van der Waals surface area (Å²) in [6.07, 6.45) is 6.19. The van der Waals surface area contributed by atoms with Crippen molar-refractivity contribution in [2.45, 2.75) is 18.2 Å². The molecule has 0 spiro atoms. The van der Waals surface area contributed by atoms with Crippen LogP contribution in [0.5, 0.6) is 0 Å². The van der Waals surface area contributed by atoms with Gasteiger partial charge in [0.05, 0.1) is 17.8 Å². The maximum absolute atomic E-state index is 12.0. The minimum Gasteiger partial charge on any atom is -0.450 e. The van der Waals surface area contributed by atoms with Crippen LogP contribution in [0.15, 0.2) is 78.1 Å². The summed E-state index contributed by atoms with van der Waals surface area (Å²) in [5, 5.41) is 5.13. The summed E-state index contributed by atoms with van der Waals surface area (Å²) in [5.74, 6) is 0. The first-order chi connectivity index (χ1) is 17.1. The predicted octanol–water partition coefficient (Wildman–Crippen LogP) is 6.41. The predicted molar refractivity (Wildman–Crippen MR) is 141 cm³/mol. The number of aromatic nitrogens is 3. The highest BCUT2D eigenvalue weighted by atomic mass is 35.5. The number of hydrogen-bond donors (Lipinski definition) is 1. The van der Waals surface area contributed by atoms with E-state index in [-0.39, 0.29) is 6.09 Å². The molecule has 9 heteroatoms. The summed E-state index contributed by atoms with van der Waals surface area (Å²) in [4.78, 5) is 19.3. The van der Waals surface area contributed by atoms with Gasteiger partial charge in [0.25, 0.3) is 0 Å². The smallest absolute Gasteiger partial charge is 0.410 e. The van der Waals surface area contributed by atoms with Crippen LogP contribution in [0.3, 0.4) is 0 Å². The van der Waals surface area contributed by atoms with Gasteiger partial charge in [-0.1, -0.05) is 29.8 Å². The van der Waals surface area contributed by atoms with Gasteiger partial charge in [-0.2, -0.15) is 5.10 Å². The number of ether oxygens (including phenoxy) is 1. The molecule has 35 heavy (non-hydrogen) atoms. The van der Waals surface area contributed by atoms with Gasteiger partial charge in [0, 0.05) is 40.5 Å². The van der Waals surface area contributed by atoms with Gasteiger partial charge in [0.15, 0.2) is 0 Å². The Morgan fingerprint density at radius 1 is 1.14 bits per heavy atom.